The molecule has 6 heteroatoms. The fourth-order valence-corrected chi connectivity index (χ4v) is 3.88. The first-order valence-electron chi connectivity index (χ1n) is 7.15. The highest BCUT2D eigenvalue weighted by Crippen LogP contribution is 2.38. The number of hydrogen-bond acceptors (Lipinski definition) is 4. The van der Waals surface area contributed by atoms with Crippen molar-refractivity contribution >= 4 is 28.9 Å². The standard InChI is InChI=1S/C16H16N2O3S/c1-9(19)17-11-5-2-4-10(8-11)15-18-14-12(16(20)21)6-3-7-13(14)22-15/h2,4-5,8,12H,3,6-7H2,1H3,(H,17,19)(H,20,21). The smallest absolute Gasteiger partial charge is 0.312 e. The average Bonchev–Trinajstić information content (AvgIpc) is 2.90. The maximum atomic E-state index is 11.4. The van der Waals surface area contributed by atoms with Crippen molar-refractivity contribution in [2.45, 2.75) is 32.1 Å². The van der Waals surface area contributed by atoms with Gasteiger partial charge in [0.15, 0.2) is 0 Å². The van der Waals surface area contributed by atoms with Crippen molar-refractivity contribution < 1.29 is 14.7 Å². The zero-order chi connectivity index (χ0) is 15.7. The quantitative estimate of drug-likeness (QED) is 0.911. The van der Waals surface area contributed by atoms with Gasteiger partial charge in [0.05, 0.1) is 11.6 Å². The topological polar surface area (TPSA) is 79.3 Å². The van der Waals surface area contributed by atoms with Crippen molar-refractivity contribution in [3.05, 3.63) is 34.8 Å². The highest BCUT2D eigenvalue weighted by molar-refractivity contribution is 7.15. The molecule has 0 radical (unpaired) electrons. The summed E-state index contributed by atoms with van der Waals surface area (Å²) in [7, 11) is 0. The third-order valence-corrected chi connectivity index (χ3v) is 4.86. The molecule has 0 saturated heterocycles. The van der Waals surface area contributed by atoms with Crippen LogP contribution in [-0.2, 0) is 16.0 Å². The number of aromatic nitrogens is 1. The molecule has 1 heterocycles. The number of benzene rings is 1. The van der Waals surface area contributed by atoms with E-state index in [0.29, 0.717) is 17.8 Å². The molecule has 1 aromatic heterocycles. The van der Waals surface area contributed by atoms with Crippen LogP contribution in [-0.4, -0.2) is 22.0 Å². The van der Waals surface area contributed by atoms with Gasteiger partial charge in [0.1, 0.15) is 5.01 Å². The predicted molar refractivity (Wildman–Crippen MR) is 85.2 cm³/mol. The number of anilines is 1. The van der Waals surface area contributed by atoms with Crippen LogP contribution in [0.3, 0.4) is 0 Å². The molecule has 5 nitrogen and oxygen atoms in total. The second kappa shape index (κ2) is 5.88. The lowest BCUT2D eigenvalue weighted by atomic mass is 9.91. The first kappa shape index (κ1) is 14.7. The summed E-state index contributed by atoms with van der Waals surface area (Å²) in [5.74, 6) is -1.42. The van der Waals surface area contributed by atoms with E-state index in [9.17, 15) is 14.7 Å². The molecule has 0 saturated carbocycles. The third kappa shape index (κ3) is 2.87. The number of fused-ring (bicyclic) bond motifs is 1. The van der Waals surface area contributed by atoms with Crippen LogP contribution in [0.4, 0.5) is 5.69 Å². The number of amides is 1. The van der Waals surface area contributed by atoms with Crippen molar-refractivity contribution in [2.24, 2.45) is 0 Å². The number of carboxylic acids is 1. The summed E-state index contributed by atoms with van der Waals surface area (Å²) in [6.45, 7) is 1.46. The van der Waals surface area contributed by atoms with Gasteiger partial charge in [-0.25, -0.2) is 4.98 Å². The summed E-state index contributed by atoms with van der Waals surface area (Å²) < 4.78 is 0. The molecule has 0 fully saturated rings. The minimum absolute atomic E-state index is 0.124. The predicted octanol–water partition coefficient (Wildman–Crippen LogP) is 3.27. The molecule has 114 valence electrons. The van der Waals surface area contributed by atoms with E-state index < -0.39 is 11.9 Å². The molecule has 0 spiro atoms. The van der Waals surface area contributed by atoms with Gasteiger partial charge in [-0.3, -0.25) is 9.59 Å². The lowest BCUT2D eigenvalue weighted by molar-refractivity contribution is -0.139. The van der Waals surface area contributed by atoms with E-state index in [2.05, 4.69) is 10.3 Å². The Labute approximate surface area is 132 Å². The number of carboxylic acid groups (broad SMARTS) is 1. The van der Waals surface area contributed by atoms with E-state index in [1.165, 1.54) is 6.92 Å². The number of carbonyl (C=O) groups is 2. The zero-order valence-corrected chi connectivity index (χ0v) is 12.9. The fourth-order valence-electron chi connectivity index (χ4n) is 2.72. The van der Waals surface area contributed by atoms with Gasteiger partial charge in [-0.1, -0.05) is 12.1 Å². The SMILES string of the molecule is CC(=O)Nc1cccc(-c2nc3c(s2)CCCC3C(=O)O)c1. The molecule has 1 aliphatic rings. The number of thiazole rings is 1. The minimum atomic E-state index is -0.801. The summed E-state index contributed by atoms with van der Waals surface area (Å²) in [5.41, 5.74) is 2.33. The minimum Gasteiger partial charge on any atom is -0.481 e. The van der Waals surface area contributed by atoms with Gasteiger partial charge < -0.3 is 10.4 Å². The van der Waals surface area contributed by atoms with E-state index in [1.54, 1.807) is 11.3 Å². The van der Waals surface area contributed by atoms with Crippen LogP contribution in [0.15, 0.2) is 24.3 Å². The van der Waals surface area contributed by atoms with E-state index in [-0.39, 0.29) is 5.91 Å². The number of nitrogens with zero attached hydrogens (tertiary/aromatic N) is 1. The molecule has 1 aromatic carbocycles. The summed E-state index contributed by atoms with van der Waals surface area (Å²) in [6.07, 6.45) is 2.43. The molecule has 0 bridgehead atoms. The normalized spacial score (nSPS) is 16.9. The van der Waals surface area contributed by atoms with Crippen LogP contribution >= 0.6 is 11.3 Å². The van der Waals surface area contributed by atoms with Crippen molar-refractivity contribution in [1.29, 1.82) is 0 Å². The molecule has 3 rings (SSSR count). The number of rotatable bonds is 3. The van der Waals surface area contributed by atoms with Gasteiger partial charge in [0.25, 0.3) is 0 Å². The lowest BCUT2D eigenvalue weighted by Crippen LogP contribution is -2.17. The van der Waals surface area contributed by atoms with Gasteiger partial charge in [-0.05, 0) is 31.4 Å². The molecular weight excluding hydrogens is 300 g/mol. The van der Waals surface area contributed by atoms with E-state index in [4.69, 9.17) is 0 Å². The van der Waals surface area contributed by atoms with Crippen LogP contribution in [0.2, 0.25) is 0 Å². The maximum absolute atomic E-state index is 11.4. The Kier molecular flexibility index (Phi) is 3.94. The summed E-state index contributed by atoms with van der Waals surface area (Å²) in [5, 5.41) is 12.9. The van der Waals surface area contributed by atoms with Gasteiger partial charge in [0.2, 0.25) is 5.91 Å². The Balaban J connectivity index is 1.96. The fraction of sp³-hybridized carbons (Fsp3) is 0.312. The van der Waals surface area contributed by atoms with E-state index in [1.807, 2.05) is 24.3 Å². The Morgan fingerprint density at radius 3 is 2.95 bits per heavy atom. The molecular formula is C16H16N2O3S. The summed E-state index contributed by atoms with van der Waals surface area (Å²) in [4.78, 5) is 28.1. The van der Waals surface area contributed by atoms with Gasteiger partial charge >= 0.3 is 5.97 Å². The summed E-state index contributed by atoms with van der Waals surface area (Å²) >= 11 is 1.55. The molecule has 22 heavy (non-hydrogen) atoms. The number of nitrogens with one attached hydrogen (secondary N) is 1. The second-order valence-electron chi connectivity index (χ2n) is 5.37. The first-order valence-corrected chi connectivity index (χ1v) is 7.96. The molecule has 1 aliphatic carbocycles. The van der Waals surface area contributed by atoms with E-state index >= 15 is 0 Å². The van der Waals surface area contributed by atoms with Crippen LogP contribution < -0.4 is 5.32 Å². The Morgan fingerprint density at radius 1 is 1.41 bits per heavy atom. The molecule has 0 aliphatic heterocycles. The highest BCUT2D eigenvalue weighted by Gasteiger charge is 2.30. The summed E-state index contributed by atoms with van der Waals surface area (Å²) in [6, 6.07) is 7.46. The molecule has 1 unspecified atom stereocenters. The Hall–Kier alpha value is -2.21. The highest BCUT2D eigenvalue weighted by atomic mass is 32.1. The first-order chi connectivity index (χ1) is 10.5. The molecule has 2 N–H and O–H groups in total. The molecule has 1 atom stereocenters. The van der Waals surface area contributed by atoms with Crippen LogP contribution in [0, 0.1) is 0 Å². The van der Waals surface area contributed by atoms with Gasteiger partial charge in [-0.15, -0.1) is 11.3 Å². The van der Waals surface area contributed by atoms with Crippen LogP contribution in [0.5, 0.6) is 0 Å². The van der Waals surface area contributed by atoms with Crippen molar-refractivity contribution in [3.63, 3.8) is 0 Å². The molecule has 2 aromatic rings. The Morgan fingerprint density at radius 2 is 2.23 bits per heavy atom. The largest absolute Gasteiger partial charge is 0.481 e. The van der Waals surface area contributed by atoms with Crippen molar-refractivity contribution in [3.8, 4) is 10.6 Å². The zero-order valence-electron chi connectivity index (χ0n) is 12.1. The second-order valence-corrected chi connectivity index (χ2v) is 6.46. The number of aryl methyl sites for hydroxylation is 1. The van der Waals surface area contributed by atoms with Crippen LogP contribution in [0.1, 0.15) is 36.3 Å². The monoisotopic (exact) mass is 316 g/mol. The number of aliphatic carboxylic acids is 1. The number of carbonyl (C=O) groups excluding carboxylic acids is 1. The van der Waals surface area contributed by atoms with Gasteiger partial charge in [0, 0.05) is 23.1 Å². The van der Waals surface area contributed by atoms with Crippen molar-refractivity contribution in [1.82, 2.24) is 4.98 Å². The average molecular weight is 316 g/mol. The van der Waals surface area contributed by atoms with E-state index in [0.717, 1.165) is 28.3 Å². The Bertz CT molecular complexity index is 739. The maximum Gasteiger partial charge on any atom is 0.312 e. The van der Waals surface area contributed by atoms with Crippen LogP contribution in [0.25, 0.3) is 10.6 Å². The third-order valence-electron chi connectivity index (χ3n) is 3.68. The molecule has 1 amide bonds. The lowest BCUT2D eigenvalue weighted by Gasteiger charge is -2.16. The number of hydrogen-bond donors (Lipinski definition) is 2. The van der Waals surface area contributed by atoms with Gasteiger partial charge in [-0.2, -0.15) is 0 Å². The van der Waals surface area contributed by atoms with Crippen molar-refractivity contribution in [2.75, 3.05) is 5.32 Å².